The molecular weight excluding hydrogens is 301 g/mol. The standard InChI is InChI=1S/C13H9ClFN3O3/c14-10-3-2-8(18(19)20)6-12(10)21-11-4-1-7(15)5-9(11)13(16)17/h1-6H,(H3,16,17). The summed E-state index contributed by atoms with van der Waals surface area (Å²) in [6.07, 6.45) is 0. The SMILES string of the molecule is N=C(N)c1cc(F)ccc1Oc1cc([N+](=O)[O-])ccc1Cl. The third-order valence-corrected chi connectivity index (χ3v) is 2.89. The number of nitrogens with one attached hydrogen (secondary N) is 1. The largest absolute Gasteiger partial charge is 0.455 e. The molecule has 2 aromatic carbocycles. The molecular formula is C13H9ClFN3O3. The summed E-state index contributed by atoms with van der Waals surface area (Å²) in [6.45, 7) is 0. The maximum atomic E-state index is 13.2. The molecule has 0 amide bonds. The minimum absolute atomic E-state index is 0.0139. The van der Waals surface area contributed by atoms with E-state index in [0.717, 1.165) is 18.2 Å². The predicted molar refractivity (Wildman–Crippen MR) is 75.6 cm³/mol. The van der Waals surface area contributed by atoms with Crippen LogP contribution < -0.4 is 10.5 Å². The van der Waals surface area contributed by atoms with Gasteiger partial charge in [-0.2, -0.15) is 0 Å². The van der Waals surface area contributed by atoms with Crippen molar-refractivity contribution in [2.75, 3.05) is 0 Å². The Balaban J connectivity index is 2.45. The van der Waals surface area contributed by atoms with Crippen LogP contribution >= 0.6 is 11.6 Å². The Labute approximate surface area is 123 Å². The predicted octanol–water partition coefficient (Wildman–Crippen LogP) is 3.46. The number of hydrogen-bond donors (Lipinski definition) is 2. The molecule has 3 N–H and O–H groups in total. The molecule has 0 saturated carbocycles. The van der Waals surface area contributed by atoms with Gasteiger partial charge in [0.2, 0.25) is 0 Å². The van der Waals surface area contributed by atoms with Gasteiger partial charge in [0.15, 0.2) is 5.75 Å². The minimum atomic E-state index is -0.597. The van der Waals surface area contributed by atoms with Gasteiger partial charge in [0.05, 0.1) is 21.6 Å². The third kappa shape index (κ3) is 3.26. The zero-order valence-electron chi connectivity index (χ0n) is 10.5. The van der Waals surface area contributed by atoms with E-state index in [2.05, 4.69) is 0 Å². The average molecular weight is 310 g/mol. The number of nitro groups is 1. The summed E-state index contributed by atoms with van der Waals surface area (Å²) < 4.78 is 18.6. The first-order valence-electron chi connectivity index (χ1n) is 5.64. The molecule has 2 rings (SSSR count). The van der Waals surface area contributed by atoms with Crippen molar-refractivity contribution in [1.82, 2.24) is 0 Å². The van der Waals surface area contributed by atoms with Gasteiger partial charge in [-0.25, -0.2) is 4.39 Å². The van der Waals surface area contributed by atoms with Gasteiger partial charge in [0, 0.05) is 6.07 Å². The second-order valence-electron chi connectivity index (χ2n) is 4.03. The van der Waals surface area contributed by atoms with Crippen LogP contribution in [0.15, 0.2) is 36.4 Å². The number of rotatable bonds is 4. The topological polar surface area (TPSA) is 102 Å². The van der Waals surface area contributed by atoms with Crippen molar-refractivity contribution in [2.45, 2.75) is 0 Å². The Bertz CT molecular complexity index is 737. The Hall–Kier alpha value is -2.67. The fourth-order valence-corrected chi connectivity index (χ4v) is 1.76. The van der Waals surface area contributed by atoms with E-state index in [1.165, 1.54) is 18.2 Å². The molecule has 0 aliphatic heterocycles. The Morgan fingerprint density at radius 1 is 1.29 bits per heavy atom. The van der Waals surface area contributed by atoms with Crippen LogP contribution in [0.1, 0.15) is 5.56 Å². The average Bonchev–Trinajstić information content (AvgIpc) is 2.42. The van der Waals surface area contributed by atoms with Gasteiger partial charge >= 0.3 is 0 Å². The zero-order chi connectivity index (χ0) is 15.6. The van der Waals surface area contributed by atoms with Crippen molar-refractivity contribution in [3.8, 4) is 11.5 Å². The molecule has 0 aliphatic carbocycles. The first-order chi connectivity index (χ1) is 9.88. The molecule has 0 spiro atoms. The molecule has 0 bridgehead atoms. The number of nitro benzene ring substituents is 1. The van der Waals surface area contributed by atoms with E-state index in [1.807, 2.05) is 0 Å². The fourth-order valence-electron chi connectivity index (χ4n) is 1.60. The highest BCUT2D eigenvalue weighted by Crippen LogP contribution is 2.34. The smallest absolute Gasteiger partial charge is 0.273 e. The van der Waals surface area contributed by atoms with E-state index in [4.69, 9.17) is 27.5 Å². The molecule has 108 valence electrons. The minimum Gasteiger partial charge on any atom is -0.455 e. The molecule has 0 heterocycles. The van der Waals surface area contributed by atoms with Crippen LogP contribution in [0.3, 0.4) is 0 Å². The zero-order valence-corrected chi connectivity index (χ0v) is 11.2. The summed E-state index contributed by atoms with van der Waals surface area (Å²) in [4.78, 5) is 10.1. The van der Waals surface area contributed by atoms with Gasteiger partial charge in [-0.05, 0) is 24.3 Å². The molecule has 0 atom stereocenters. The van der Waals surface area contributed by atoms with Crippen LogP contribution in [0.4, 0.5) is 10.1 Å². The molecule has 0 aliphatic rings. The highest BCUT2D eigenvalue weighted by atomic mass is 35.5. The maximum absolute atomic E-state index is 13.2. The second-order valence-corrected chi connectivity index (χ2v) is 4.44. The number of nitrogens with zero attached hydrogens (tertiary/aromatic N) is 1. The van der Waals surface area contributed by atoms with Crippen molar-refractivity contribution in [3.05, 3.63) is 62.9 Å². The van der Waals surface area contributed by atoms with Crippen molar-refractivity contribution in [3.63, 3.8) is 0 Å². The summed E-state index contributed by atoms with van der Waals surface area (Å²) in [5.41, 5.74) is 5.17. The Morgan fingerprint density at radius 3 is 2.62 bits per heavy atom. The number of hydrogen-bond acceptors (Lipinski definition) is 4. The van der Waals surface area contributed by atoms with E-state index >= 15 is 0 Å². The number of amidine groups is 1. The summed E-state index contributed by atoms with van der Waals surface area (Å²) in [7, 11) is 0. The lowest BCUT2D eigenvalue weighted by Gasteiger charge is -2.11. The molecule has 6 nitrogen and oxygen atoms in total. The summed E-state index contributed by atoms with van der Waals surface area (Å²) >= 11 is 5.91. The monoisotopic (exact) mass is 309 g/mol. The summed E-state index contributed by atoms with van der Waals surface area (Å²) in [6, 6.07) is 7.09. The van der Waals surface area contributed by atoms with Crippen LogP contribution in [-0.4, -0.2) is 10.8 Å². The van der Waals surface area contributed by atoms with E-state index in [0.29, 0.717) is 0 Å². The highest BCUT2D eigenvalue weighted by Gasteiger charge is 2.14. The lowest BCUT2D eigenvalue weighted by Crippen LogP contribution is -2.12. The van der Waals surface area contributed by atoms with Crippen LogP contribution in [-0.2, 0) is 0 Å². The van der Waals surface area contributed by atoms with Crippen molar-refractivity contribution in [1.29, 1.82) is 5.41 Å². The molecule has 0 aromatic heterocycles. The molecule has 21 heavy (non-hydrogen) atoms. The number of nitrogen functional groups attached to an aromatic ring is 1. The Kier molecular flexibility index (Phi) is 4.04. The third-order valence-electron chi connectivity index (χ3n) is 2.58. The second kappa shape index (κ2) is 5.76. The van der Waals surface area contributed by atoms with Gasteiger partial charge in [-0.3, -0.25) is 15.5 Å². The van der Waals surface area contributed by atoms with Gasteiger partial charge < -0.3 is 10.5 Å². The Morgan fingerprint density at radius 2 is 2.00 bits per heavy atom. The summed E-state index contributed by atoms with van der Waals surface area (Å²) in [5.74, 6) is -0.894. The first kappa shape index (κ1) is 14.7. The van der Waals surface area contributed by atoms with E-state index in [1.54, 1.807) is 0 Å². The van der Waals surface area contributed by atoms with Gasteiger partial charge in [0.1, 0.15) is 17.4 Å². The van der Waals surface area contributed by atoms with E-state index in [9.17, 15) is 14.5 Å². The van der Waals surface area contributed by atoms with Crippen LogP contribution in [0.2, 0.25) is 5.02 Å². The first-order valence-corrected chi connectivity index (χ1v) is 6.02. The lowest BCUT2D eigenvalue weighted by atomic mass is 10.2. The highest BCUT2D eigenvalue weighted by molar-refractivity contribution is 6.32. The van der Waals surface area contributed by atoms with Crippen molar-refractivity contribution >= 4 is 23.1 Å². The maximum Gasteiger partial charge on any atom is 0.273 e. The quantitative estimate of drug-likeness (QED) is 0.390. The van der Waals surface area contributed by atoms with Gasteiger partial charge in [-0.15, -0.1) is 0 Å². The number of ether oxygens (including phenoxy) is 1. The van der Waals surface area contributed by atoms with Gasteiger partial charge in [0.25, 0.3) is 5.69 Å². The van der Waals surface area contributed by atoms with E-state index in [-0.39, 0.29) is 27.8 Å². The molecule has 0 saturated heterocycles. The van der Waals surface area contributed by atoms with Crippen LogP contribution in [0.25, 0.3) is 0 Å². The number of nitrogens with two attached hydrogens (primary N) is 1. The van der Waals surface area contributed by atoms with Crippen LogP contribution in [0.5, 0.6) is 11.5 Å². The molecule has 0 radical (unpaired) electrons. The fraction of sp³-hybridized carbons (Fsp3) is 0. The van der Waals surface area contributed by atoms with Crippen LogP contribution in [0, 0.1) is 21.3 Å². The van der Waals surface area contributed by atoms with Gasteiger partial charge in [-0.1, -0.05) is 11.6 Å². The molecule has 8 heteroatoms. The number of halogens is 2. The number of benzene rings is 2. The molecule has 2 aromatic rings. The number of non-ortho nitro benzene ring substituents is 1. The normalized spacial score (nSPS) is 10.2. The van der Waals surface area contributed by atoms with E-state index < -0.39 is 16.6 Å². The molecule has 0 unspecified atom stereocenters. The molecule has 0 fully saturated rings. The van der Waals surface area contributed by atoms with Crippen molar-refractivity contribution in [2.24, 2.45) is 5.73 Å². The lowest BCUT2D eigenvalue weighted by molar-refractivity contribution is -0.384. The summed E-state index contributed by atoms with van der Waals surface area (Å²) in [5, 5.41) is 18.3. The van der Waals surface area contributed by atoms with Crippen molar-refractivity contribution < 1.29 is 14.1 Å².